The lowest BCUT2D eigenvalue weighted by molar-refractivity contribution is -0.167. The third kappa shape index (κ3) is 61.4. The van der Waals surface area contributed by atoms with Gasteiger partial charge in [-0.3, -0.25) is 14.4 Å². The van der Waals surface area contributed by atoms with Gasteiger partial charge in [-0.05, 0) is 116 Å². The van der Waals surface area contributed by atoms with Crippen molar-refractivity contribution in [3.05, 3.63) is 85.1 Å². The highest BCUT2D eigenvalue weighted by atomic mass is 16.6. The number of hydrogen-bond acceptors (Lipinski definition) is 6. The van der Waals surface area contributed by atoms with Gasteiger partial charge in [0.25, 0.3) is 0 Å². The molecule has 0 aromatic carbocycles. The summed E-state index contributed by atoms with van der Waals surface area (Å²) in [5.74, 6) is -0.892. The van der Waals surface area contributed by atoms with Crippen LogP contribution in [0, 0.1) is 0 Å². The molecule has 0 aromatic rings. The van der Waals surface area contributed by atoms with Crippen LogP contribution in [0.4, 0.5) is 0 Å². The highest BCUT2D eigenvalue weighted by Crippen LogP contribution is 2.17. The standard InChI is InChI=1S/C70H122O6/c1-4-7-10-13-16-19-22-25-28-29-30-31-32-33-34-35-36-37-38-39-40-41-43-45-48-51-54-57-60-63-69(72)75-66-67(65-74-68(71)62-59-56-53-50-47-44-27-24-21-18-15-12-9-6-3)76-70(73)64-61-58-55-52-49-46-42-26-23-20-17-14-11-8-5-2/h7,10,16-17,19-20,24-28,30-31,42,67H,4-6,8-9,11-15,18,21-23,29,32-41,43-66H2,1-3H3/b10-7-,19-16-,20-17-,27-24-,28-25-,31-30-,42-26-. The van der Waals surface area contributed by atoms with Crippen molar-refractivity contribution >= 4 is 17.9 Å². The molecule has 1 unspecified atom stereocenters. The number of esters is 3. The van der Waals surface area contributed by atoms with E-state index < -0.39 is 6.10 Å². The molecular formula is C70H122O6. The van der Waals surface area contributed by atoms with E-state index in [1.165, 1.54) is 167 Å². The number of hydrogen-bond donors (Lipinski definition) is 0. The predicted octanol–water partition coefficient (Wildman–Crippen LogP) is 22.3. The van der Waals surface area contributed by atoms with Gasteiger partial charge in [-0.25, -0.2) is 0 Å². The number of carbonyl (C=O) groups is 3. The molecule has 0 aliphatic carbocycles. The Morgan fingerprint density at radius 1 is 0.276 bits per heavy atom. The van der Waals surface area contributed by atoms with Crippen molar-refractivity contribution in [1.82, 2.24) is 0 Å². The van der Waals surface area contributed by atoms with Crippen LogP contribution in [0.1, 0.15) is 323 Å². The monoisotopic (exact) mass is 1060 g/mol. The summed E-state index contributed by atoms with van der Waals surface area (Å²) >= 11 is 0. The Balaban J connectivity index is 4.23. The van der Waals surface area contributed by atoms with Gasteiger partial charge in [0.2, 0.25) is 0 Å². The van der Waals surface area contributed by atoms with Crippen molar-refractivity contribution in [2.45, 2.75) is 329 Å². The van der Waals surface area contributed by atoms with Crippen LogP contribution in [0.5, 0.6) is 0 Å². The van der Waals surface area contributed by atoms with Gasteiger partial charge in [-0.1, -0.05) is 273 Å². The Hall–Kier alpha value is -3.41. The fourth-order valence-electron chi connectivity index (χ4n) is 9.23. The van der Waals surface area contributed by atoms with Crippen LogP contribution in [0.3, 0.4) is 0 Å². The van der Waals surface area contributed by atoms with Crippen molar-refractivity contribution in [2.24, 2.45) is 0 Å². The average Bonchev–Trinajstić information content (AvgIpc) is 3.42. The molecule has 0 N–H and O–H groups in total. The van der Waals surface area contributed by atoms with Gasteiger partial charge in [-0.2, -0.15) is 0 Å². The zero-order chi connectivity index (χ0) is 55.0. The average molecular weight is 1060 g/mol. The number of carbonyl (C=O) groups excluding carboxylic acids is 3. The molecule has 0 amide bonds. The van der Waals surface area contributed by atoms with E-state index in [0.29, 0.717) is 19.3 Å². The molecule has 0 radical (unpaired) electrons. The van der Waals surface area contributed by atoms with E-state index in [1.54, 1.807) is 0 Å². The maximum Gasteiger partial charge on any atom is 0.306 e. The maximum absolute atomic E-state index is 12.9. The summed E-state index contributed by atoms with van der Waals surface area (Å²) in [7, 11) is 0. The van der Waals surface area contributed by atoms with Crippen LogP contribution in [-0.2, 0) is 28.6 Å². The van der Waals surface area contributed by atoms with Gasteiger partial charge in [-0.15, -0.1) is 0 Å². The van der Waals surface area contributed by atoms with Crippen molar-refractivity contribution in [1.29, 1.82) is 0 Å². The smallest absolute Gasteiger partial charge is 0.306 e. The number of allylic oxidation sites excluding steroid dienone is 14. The molecule has 1 atom stereocenters. The highest BCUT2D eigenvalue weighted by molar-refractivity contribution is 5.71. The molecule has 0 heterocycles. The van der Waals surface area contributed by atoms with E-state index in [0.717, 1.165) is 116 Å². The first-order chi connectivity index (χ1) is 37.5. The molecule has 0 aromatic heterocycles. The lowest BCUT2D eigenvalue weighted by Gasteiger charge is -2.18. The third-order valence-corrected chi connectivity index (χ3v) is 14.1. The summed E-state index contributed by atoms with van der Waals surface area (Å²) in [4.78, 5) is 38.3. The summed E-state index contributed by atoms with van der Waals surface area (Å²) in [5.41, 5.74) is 0. The Morgan fingerprint density at radius 3 is 0.842 bits per heavy atom. The summed E-state index contributed by atoms with van der Waals surface area (Å²) in [6.07, 6.45) is 84.5. The second kappa shape index (κ2) is 64.1. The van der Waals surface area contributed by atoms with Crippen LogP contribution in [0.25, 0.3) is 0 Å². The molecule has 0 saturated heterocycles. The van der Waals surface area contributed by atoms with Gasteiger partial charge in [0.1, 0.15) is 13.2 Å². The second-order valence-corrected chi connectivity index (χ2v) is 21.6. The topological polar surface area (TPSA) is 78.9 Å². The molecule has 6 nitrogen and oxygen atoms in total. The van der Waals surface area contributed by atoms with Crippen molar-refractivity contribution in [3.8, 4) is 0 Å². The van der Waals surface area contributed by atoms with Crippen molar-refractivity contribution in [2.75, 3.05) is 13.2 Å². The number of rotatable bonds is 59. The highest BCUT2D eigenvalue weighted by Gasteiger charge is 2.19. The molecule has 0 fully saturated rings. The number of ether oxygens (including phenoxy) is 3. The molecule has 0 spiro atoms. The summed E-state index contributed by atoms with van der Waals surface area (Å²) in [6.45, 7) is 6.50. The quantitative estimate of drug-likeness (QED) is 0.0261. The molecule has 6 heteroatoms. The van der Waals surface area contributed by atoms with Crippen molar-refractivity contribution < 1.29 is 28.6 Å². The lowest BCUT2D eigenvalue weighted by Crippen LogP contribution is -2.30. The van der Waals surface area contributed by atoms with Gasteiger partial charge < -0.3 is 14.2 Å². The predicted molar refractivity (Wildman–Crippen MR) is 330 cm³/mol. The Labute approximate surface area is 471 Å². The Bertz CT molecular complexity index is 1450. The SMILES string of the molecule is CC/C=C\C/C=C\C/C=C\C/C=C\CCCCCCCCCCCCCCCCCCC(=O)OCC(COC(=O)CCCCCCC/C=C\CCCCCCC)OC(=O)CCCCCCC/C=C\C/C=C\CCCCC. The summed E-state index contributed by atoms with van der Waals surface area (Å²) < 4.78 is 16.9. The Morgan fingerprint density at radius 2 is 0.513 bits per heavy atom. The van der Waals surface area contributed by atoms with Gasteiger partial charge in [0.05, 0.1) is 0 Å². The van der Waals surface area contributed by atoms with Crippen LogP contribution >= 0.6 is 0 Å². The maximum atomic E-state index is 12.9. The molecule has 0 rings (SSSR count). The second-order valence-electron chi connectivity index (χ2n) is 21.6. The first-order valence-electron chi connectivity index (χ1n) is 32.6. The Kier molecular flexibility index (Phi) is 61.2. The van der Waals surface area contributed by atoms with Crippen molar-refractivity contribution in [3.63, 3.8) is 0 Å². The van der Waals surface area contributed by atoms with E-state index in [4.69, 9.17) is 14.2 Å². The minimum atomic E-state index is -0.787. The van der Waals surface area contributed by atoms with Crippen LogP contribution < -0.4 is 0 Å². The summed E-state index contributed by atoms with van der Waals surface area (Å²) in [5, 5.41) is 0. The molecule has 0 aliphatic heterocycles. The van der Waals surface area contributed by atoms with E-state index in [9.17, 15) is 14.4 Å². The van der Waals surface area contributed by atoms with Crippen LogP contribution in [0.2, 0.25) is 0 Å². The third-order valence-electron chi connectivity index (χ3n) is 14.1. The molecule has 0 aliphatic rings. The minimum Gasteiger partial charge on any atom is -0.462 e. The summed E-state index contributed by atoms with van der Waals surface area (Å²) in [6, 6.07) is 0. The molecule has 438 valence electrons. The molecular weight excluding hydrogens is 937 g/mol. The van der Waals surface area contributed by atoms with E-state index in [2.05, 4.69) is 106 Å². The van der Waals surface area contributed by atoms with E-state index in [1.807, 2.05) is 0 Å². The zero-order valence-electron chi connectivity index (χ0n) is 50.3. The van der Waals surface area contributed by atoms with E-state index in [-0.39, 0.29) is 31.1 Å². The number of unbranched alkanes of at least 4 members (excludes halogenated alkanes) is 34. The zero-order valence-corrected chi connectivity index (χ0v) is 50.3. The van der Waals surface area contributed by atoms with Crippen LogP contribution in [-0.4, -0.2) is 37.2 Å². The minimum absolute atomic E-state index is 0.0823. The molecule has 76 heavy (non-hydrogen) atoms. The van der Waals surface area contributed by atoms with Gasteiger partial charge in [0, 0.05) is 19.3 Å². The molecule has 0 bridgehead atoms. The first-order valence-corrected chi connectivity index (χ1v) is 32.6. The fraction of sp³-hybridized carbons (Fsp3) is 0.757. The van der Waals surface area contributed by atoms with Gasteiger partial charge >= 0.3 is 17.9 Å². The first kappa shape index (κ1) is 72.6. The van der Waals surface area contributed by atoms with E-state index >= 15 is 0 Å². The lowest BCUT2D eigenvalue weighted by atomic mass is 10.0. The largest absolute Gasteiger partial charge is 0.462 e. The fourth-order valence-corrected chi connectivity index (χ4v) is 9.23. The normalized spacial score (nSPS) is 12.6. The van der Waals surface area contributed by atoms with Gasteiger partial charge in [0.15, 0.2) is 6.10 Å². The molecule has 0 saturated carbocycles. The van der Waals surface area contributed by atoms with Crippen LogP contribution in [0.15, 0.2) is 85.1 Å².